The Morgan fingerprint density at radius 1 is 0.630 bits per heavy atom. The van der Waals surface area contributed by atoms with Crippen LogP contribution < -0.4 is 0 Å². The summed E-state index contributed by atoms with van der Waals surface area (Å²) in [7, 11) is -12.2. The second-order valence-electron chi connectivity index (χ2n) is 4.56. The molecule has 0 aliphatic heterocycles. The summed E-state index contributed by atoms with van der Waals surface area (Å²) in [6.07, 6.45) is 18.1. The van der Waals surface area contributed by atoms with E-state index in [1.807, 2.05) is 0 Å². The molecule has 0 aromatic heterocycles. The Hall–Kier alpha value is -0.757. The minimum absolute atomic E-state index is 0.256. The second kappa shape index (κ2) is 10.1. The van der Waals surface area contributed by atoms with Gasteiger partial charge in [-0.1, -0.05) is 0 Å². The molecule has 152 valence electrons. The monoisotopic (exact) mass is 518 g/mol. The number of alkyl halides is 6. The first-order valence-electron chi connectivity index (χ1n) is 6.45. The van der Waals surface area contributed by atoms with Crippen LogP contribution in [0.3, 0.4) is 0 Å². The molecule has 27 heavy (non-hydrogen) atoms. The fourth-order valence-corrected chi connectivity index (χ4v) is 4.59. The van der Waals surface area contributed by atoms with Gasteiger partial charge in [-0.25, -0.2) is 16.8 Å². The Bertz CT molecular complexity index is 716. The number of allylic oxidation sites excluding steroid dienone is 8. The zero-order valence-corrected chi connectivity index (χ0v) is 16.9. The average Bonchev–Trinajstić information content (AvgIpc) is 3.09. The van der Waals surface area contributed by atoms with Crippen LogP contribution in [0.5, 0.6) is 0 Å². The van der Waals surface area contributed by atoms with Gasteiger partial charge in [0.15, 0.2) is 20.2 Å². The minimum atomic E-state index is -6.09. The summed E-state index contributed by atoms with van der Waals surface area (Å²) < 4.78 is 119. The van der Waals surface area contributed by atoms with E-state index in [0.29, 0.717) is 0 Å². The van der Waals surface area contributed by atoms with Crippen LogP contribution >= 0.6 is 0 Å². The molecular formula is C12H10F6O6S2Zr. The molecule has 15 heteroatoms. The summed E-state index contributed by atoms with van der Waals surface area (Å²) in [6.45, 7) is 0. The van der Waals surface area contributed by atoms with Gasteiger partial charge in [-0.05, 0) is 0 Å². The van der Waals surface area contributed by atoms with Crippen molar-refractivity contribution >= 4 is 20.2 Å². The first-order valence-corrected chi connectivity index (χ1v) is 12.1. The van der Waals surface area contributed by atoms with E-state index >= 15 is 0 Å². The molecule has 0 N–H and O–H groups in total. The van der Waals surface area contributed by atoms with Crippen LogP contribution in [0.2, 0.25) is 7.25 Å². The average molecular weight is 520 g/mol. The third-order valence-electron chi connectivity index (χ3n) is 2.45. The normalized spacial score (nSPS) is 17.2. The predicted octanol–water partition coefficient (Wildman–Crippen LogP) is 3.00. The summed E-state index contributed by atoms with van der Waals surface area (Å²) >= 11 is -0.256. The Labute approximate surface area is 162 Å². The maximum atomic E-state index is 10.7. The van der Waals surface area contributed by atoms with E-state index in [-0.39, 0.29) is 23.2 Å². The smallest absolute Gasteiger partial charge is 0.485 e. The zero-order chi connectivity index (χ0) is 21.5. The maximum absolute atomic E-state index is 10.7. The van der Waals surface area contributed by atoms with Crippen molar-refractivity contribution < 1.29 is 75.5 Å². The summed E-state index contributed by atoms with van der Waals surface area (Å²) in [5.41, 5.74) is -11.3. The van der Waals surface area contributed by atoms with Crippen LogP contribution in [0.4, 0.5) is 26.3 Å². The van der Waals surface area contributed by atoms with Gasteiger partial charge >= 0.3 is 90.1 Å². The Morgan fingerprint density at radius 2 is 0.815 bits per heavy atom. The standard InChI is InChI=1S/2C5H5.2CHF3O3S.Zr/c2*1-2-4-5-3-1;2*2-1(3,4)8(5,6)7;/h2*1-5H;2*(H,5,6,7);/q;;;;+2/p-2. The topological polar surface area (TPSA) is 114 Å². The maximum Gasteiger partial charge on any atom is 0.485 e. The minimum Gasteiger partial charge on any atom is -0.741 e. The first-order chi connectivity index (χ1) is 11.9. The molecule has 0 saturated carbocycles. The van der Waals surface area contributed by atoms with Crippen molar-refractivity contribution in [2.45, 2.75) is 18.3 Å². The molecule has 0 aromatic carbocycles. The molecule has 0 amide bonds. The summed E-state index contributed by atoms with van der Waals surface area (Å²) in [5.74, 6) is 0. The van der Waals surface area contributed by atoms with Crippen molar-refractivity contribution in [3.63, 3.8) is 0 Å². The van der Waals surface area contributed by atoms with Crippen molar-refractivity contribution in [2.24, 2.45) is 0 Å². The molecule has 0 spiro atoms. The van der Waals surface area contributed by atoms with Crippen LogP contribution in [0, 0.1) is 0 Å². The molecule has 2 aliphatic carbocycles. The van der Waals surface area contributed by atoms with E-state index in [9.17, 15) is 26.3 Å². The third-order valence-corrected chi connectivity index (χ3v) is 7.37. The molecule has 0 radical (unpaired) electrons. The largest absolute Gasteiger partial charge is 0.741 e. The molecule has 0 aromatic rings. The van der Waals surface area contributed by atoms with Crippen molar-refractivity contribution in [2.75, 3.05) is 0 Å². The van der Waals surface area contributed by atoms with Crippen LogP contribution in [0.1, 0.15) is 0 Å². The summed E-state index contributed by atoms with van der Waals surface area (Å²) in [6, 6.07) is 0. The quantitative estimate of drug-likeness (QED) is 0.315. The molecular weight excluding hydrogens is 509 g/mol. The molecule has 0 atom stereocenters. The van der Waals surface area contributed by atoms with E-state index in [0.717, 1.165) is 7.25 Å². The number of rotatable bonds is 2. The molecule has 0 fully saturated rings. The Balaban J connectivity index is 0.000000387. The van der Waals surface area contributed by atoms with Gasteiger partial charge in [0.2, 0.25) is 0 Å². The van der Waals surface area contributed by atoms with E-state index in [1.165, 1.54) is 0 Å². The van der Waals surface area contributed by atoms with E-state index in [4.69, 9.17) is 25.9 Å². The van der Waals surface area contributed by atoms with Gasteiger partial charge in [-0.2, -0.15) is 26.3 Å². The molecule has 0 saturated heterocycles. The van der Waals surface area contributed by atoms with E-state index < -0.39 is 31.3 Å². The summed E-state index contributed by atoms with van der Waals surface area (Å²) in [4.78, 5) is 0. The fraction of sp³-hybridized carbons (Fsp3) is 0.333. The van der Waals surface area contributed by atoms with E-state index in [1.54, 1.807) is 0 Å². The predicted molar refractivity (Wildman–Crippen MR) is 75.6 cm³/mol. The van der Waals surface area contributed by atoms with Crippen molar-refractivity contribution in [1.29, 1.82) is 0 Å². The van der Waals surface area contributed by atoms with Gasteiger partial charge in [-0.3, -0.25) is 0 Å². The molecule has 6 nitrogen and oxygen atoms in total. The summed E-state index contributed by atoms with van der Waals surface area (Å²) in [5, 5.41) is 0. The van der Waals surface area contributed by atoms with Crippen LogP contribution in [-0.2, 0) is 43.5 Å². The Morgan fingerprint density at radius 3 is 0.963 bits per heavy atom. The van der Waals surface area contributed by atoms with E-state index in [2.05, 4.69) is 48.6 Å². The van der Waals surface area contributed by atoms with Crippen molar-refractivity contribution in [3.8, 4) is 0 Å². The van der Waals surface area contributed by atoms with Crippen LogP contribution in [-0.4, -0.2) is 37.0 Å². The van der Waals surface area contributed by atoms with Crippen LogP contribution in [0.25, 0.3) is 0 Å². The van der Waals surface area contributed by atoms with Gasteiger partial charge in [0.05, 0.1) is 0 Å². The van der Waals surface area contributed by atoms with Gasteiger partial charge in [0, 0.05) is 0 Å². The second-order valence-corrected chi connectivity index (χ2v) is 11.4. The zero-order valence-electron chi connectivity index (χ0n) is 12.8. The van der Waals surface area contributed by atoms with Crippen molar-refractivity contribution in [1.82, 2.24) is 0 Å². The molecule has 0 unspecified atom stereocenters. The fourth-order valence-electron chi connectivity index (χ4n) is 1.31. The number of hydrogen-bond donors (Lipinski definition) is 0. The van der Waals surface area contributed by atoms with Crippen LogP contribution in [0.15, 0.2) is 48.6 Å². The van der Waals surface area contributed by atoms with Crippen molar-refractivity contribution in [3.05, 3.63) is 48.6 Å². The molecule has 0 heterocycles. The first kappa shape index (κ1) is 26.2. The van der Waals surface area contributed by atoms with Gasteiger partial charge in [0.1, 0.15) is 0 Å². The molecule has 2 aliphatic rings. The number of hydrogen-bond acceptors (Lipinski definition) is 6. The Kier molecular flexibility index (Phi) is 9.86. The third kappa shape index (κ3) is 11.0. The van der Waals surface area contributed by atoms with Gasteiger partial charge in [-0.15, -0.1) is 0 Å². The van der Waals surface area contributed by atoms with Gasteiger partial charge in [0.25, 0.3) is 0 Å². The van der Waals surface area contributed by atoms with Gasteiger partial charge < -0.3 is 9.11 Å². The number of halogens is 6. The molecule has 0 bridgehead atoms. The SMILES string of the molecule is C1=C[CH]([Zr+2][CH]2C=CC=C2)C=C1.O=S(=O)([O-])C(F)(F)F.O=S(=O)([O-])C(F)(F)F. The molecule has 2 rings (SSSR count).